The number of hydrogen-bond acceptors (Lipinski definition) is 5. The summed E-state index contributed by atoms with van der Waals surface area (Å²) in [5, 5.41) is 0. The van der Waals surface area contributed by atoms with Crippen molar-refractivity contribution >= 4 is 17.2 Å². The van der Waals surface area contributed by atoms with E-state index in [-0.39, 0.29) is 0 Å². The molecule has 0 bridgehead atoms. The second kappa shape index (κ2) is 11.2. The van der Waals surface area contributed by atoms with Crippen LogP contribution in [0.1, 0.15) is 50.7 Å². The molecule has 5 nitrogen and oxygen atoms in total. The number of hydrogen-bond donors (Lipinski definition) is 3. The molecule has 1 unspecified atom stereocenters. The standard InChI is InChI=1S/C20H28O5P2/c1-17(2)11-9-10-16-20(18-12-5-3-6-13-18,19-14-7-4-8-15-19)24-27(23)25-26(21)22/h3-8,12-15,17,21-23H,9-11,16H2,1-2H3. The third-order valence-electron chi connectivity index (χ3n) is 4.42. The molecule has 0 fully saturated rings. The van der Waals surface area contributed by atoms with Crippen LogP contribution in [0.15, 0.2) is 60.7 Å². The summed E-state index contributed by atoms with van der Waals surface area (Å²) < 4.78 is 10.8. The van der Waals surface area contributed by atoms with Crippen molar-refractivity contribution in [3.63, 3.8) is 0 Å². The van der Waals surface area contributed by atoms with E-state index in [0.29, 0.717) is 12.3 Å². The first-order valence-electron chi connectivity index (χ1n) is 9.09. The Balaban J connectivity index is 2.38. The highest BCUT2D eigenvalue weighted by Gasteiger charge is 2.39. The van der Waals surface area contributed by atoms with E-state index in [4.69, 9.17) is 18.6 Å². The van der Waals surface area contributed by atoms with Gasteiger partial charge in [0.05, 0.1) is 0 Å². The van der Waals surface area contributed by atoms with Crippen molar-refractivity contribution in [1.29, 1.82) is 0 Å². The molecule has 2 rings (SSSR count). The zero-order chi connectivity index (χ0) is 19.7. The molecule has 0 aromatic heterocycles. The zero-order valence-electron chi connectivity index (χ0n) is 15.7. The number of unbranched alkanes of at least 4 members (excludes halogenated alkanes) is 1. The summed E-state index contributed by atoms with van der Waals surface area (Å²) in [4.78, 5) is 28.5. The highest BCUT2D eigenvalue weighted by atomic mass is 31.2. The van der Waals surface area contributed by atoms with Crippen molar-refractivity contribution in [1.82, 2.24) is 0 Å². The van der Waals surface area contributed by atoms with Gasteiger partial charge in [0.2, 0.25) is 0 Å². The van der Waals surface area contributed by atoms with Gasteiger partial charge < -0.3 is 14.7 Å². The quantitative estimate of drug-likeness (QED) is 0.331. The maximum atomic E-state index is 10.2. The first-order valence-corrected chi connectivity index (χ1v) is 11.4. The highest BCUT2D eigenvalue weighted by molar-refractivity contribution is 7.54. The Morgan fingerprint density at radius 1 is 0.852 bits per heavy atom. The average molecular weight is 410 g/mol. The lowest BCUT2D eigenvalue weighted by Crippen LogP contribution is -2.30. The number of rotatable bonds is 11. The van der Waals surface area contributed by atoms with Gasteiger partial charge in [0.15, 0.2) is 0 Å². The largest absolute Gasteiger partial charge is 0.338 e. The fourth-order valence-corrected chi connectivity index (χ4v) is 4.36. The summed E-state index contributed by atoms with van der Waals surface area (Å²) in [6, 6.07) is 19.4. The lowest BCUT2D eigenvalue weighted by molar-refractivity contribution is 0.0799. The normalized spacial score (nSPS) is 13.3. The summed E-state index contributed by atoms with van der Waals surface area (Å²) in [5.41, 5.74) is 0.864. The molecule has 2 aromatic carbocycles. The van der Waals surface area contributed by atoms with Crippen molar-refractivity contribution < 1.29 is 23.5 Å². The maximum absolute atomic E-state index is 10.2. The SMILES string of the molecule is CC(C)CCCCC(OP(O)OP(O)O)(c1ccccc1)c1ccccc1. The van der Waals surface area contributed by atoms with Gasteiger partial charge in [0.25, 0.3) is 0 Å². The van der Waals surface area contributed by atoms with Gasteiger partial charge >= 0.3 is 17.2 Å². The first-order chi connectivity index (χ1) is 12.9. The molecule has 3 N–H and O–H groups in total. The first kappa shape index (κ1) is 22.4. The van der Waals surface area contributed by atoms with Gasteiger partial charge in [0, 0.05) is 0 Å². The molecule has 1 atom stereocenters. The van der Waals surface area contributed by atoms with Crippen LogP contribution in [0.3, 0.4) is 0 Å². The third kappa shape index (κ3) is 6.89. The molecular formula is C20H28O5P2. The fraction of sp³-hybridized carbons (Fsp3) is 0.400. The highest BCUT2D eigenvalue weighted by Crippen LogP contribution is 2.54. The van der Waals surface area contributed by atoms with Crippen molar-refractivity contribution in [2.75, 3.05) is 0 Å². The van der Waals surface area contributed by atoms with Crippen LogP contribution in [0.2, 0.25) is 0 Å². The molecular weight excluding hydrogens is 382 g/mol. The van der Waals surface area contributed by atoms with Gasteiger partial charge in [-0.1, -0.05) is 87.4 Å². The van der Waals surface area contributed by atoms with Crippen molar-refractivity contribution in [3.05, 3.63) is 71.8 Å². The minimum absolute atomic E-state index is 0.624. The molecule has 0 saturated carbocycles. The summed E-state index contributed by atoms with van der Waals surface area (Å²) in [6.07, 6.45) is 3.70. The van der Waals surface area contributed by atoms with Gasteiger partial charge in [-0.15, -0.1) is 0 Å². The van der Waals surface area contributed by atoms with E-state index in [2.05, 4.69) is 13.8 Å². The lowest BCUT2D eigenvalue weighted by Gasteiger charge is -2.36. The molecule has 7 heteroatoms. The molecule has 0 radical (unpaired) electrons. The molecule has 0 aliphatic heterocycles. The van der Waals surface area contributed by atoms with Crippen LogP contribution in [0.25, 0.3) is 0 Å². The summed E-state index contributed by atoms with van der Waals surface area (Å²) in [7, 11) is -5.16. The van der Waals surface area contributed by atoms with Crippen LogP contribution >= 0.6 is 17.2 Å². The molecule has 0 saturated heterocycles. The topological polar surface area (TPSA) is 79.2 Å². The smallest absolute Gasteiger partial charge is 0.328 e. The number of benzene rings is 2. The Bertz CT molecular complexity index is 612. The third-order valence-corrected chi connectivity index (χ3v) is 6.03. The van der Waals surface area contributed by atoms with Gasteiger partial charge in [-0.05, 0) is 29.9 Å². The monoisotopic (exact) mass is 410 g/mol. The average Bonchev–Trinajstić information content (AvgIpc) is 2.65. The Kier molecular flexibility index (Phi) is 9.28. The summed E-state index contributed by atoms with van der Waals surface area (Å²) in [5.74, 6) is 0.624. The van der Waals surface area contributed by atoms with Gasteiger partial charge in [-0.2, -0.15) is 0 Å². The minimum atomic E-state index is -2.70. The van der Waals surface area contributed by atoms with E-state index in [1.165, 1.54) is 0 Å². The predicted molar refractivity (Wildman–Crippen MR) is 110 cm³/mol. The molecule has 0 aliphatic rings. The maximum Gasteiger partial charge on any atom is 0.338 e. The molecule has 0 aliphatic carbocycles. The van der Waals surface area contributed by atoms with Crippen LogP contribution in [0.5, 0.6) is 0 Å². The molecule has 148 valence electrons. The van der Waals surface area contributed by atoms with Crippen LogP contribution in [0, 0.1) is 5.92 Å². The Hall–Kier alpha value is -0.900. The Labute approximate surface area is 164 Å². The van der Waals surface area contributed by atoms with Crippen LogP contribution in [-0.2, 0) is 14.4 Å². The van der Waals surface area contributed by atoms with Crippen LogP contribution in [-0.4, -0.2) is 14.7 Å². The van der Waals surface area contributed by atoms with Crippen LogP contribution < -0.4 is 0 Å². The van der Waals surface area contributed by atoms with E-state index >= 15 is 0 Å². The predicted octanol–water partition coefficient (Wildman–Crippen LogP) is 5.61. The lowest BCUT2D eigenvalue weighted by atomic mass is 9.82. The fourth-order valence-electron chi connectivity index (χ4n) is 3.16. The van der Waals surface area contributed by atoms with Gasteiger partial charge in [-0.25, -0.2) is 4.31 Å². The van der Waals surface area contributed by atoms with Crippen molar-refractivity contribution in [2.24, 2.45) is 5.92 Å². The molecule has 2 aromatic rings. The van der Waals surface area contributed by atoms with E-state index in [9.17, 15) is 4.89 Å². The van der Waals surface area contributed by atoms with Crippen LogP contribution in [0.4, 0.5) is 0 Å². The second-order valence-corrected chi connectivity index (χ2v) is 8.68. The summed E-state index contributed by atoms with van der Waals surface area (Å²) in [6.45, 7) is 4.40. The van der Waals surface area contributed by atoms with Crippen molar-refractivity contribution in [2.45, 2.75) is 45.1 Å². The van der Waals surface area contributed by atoms with E-state index in [0.717, 1.165) is 30.4 Å². The molecule has 0 spiro atoms. The zero-order valence-corrected chi connectivity index (χ0v) is 17.5. The second-order valence-electron chi connectivity index (χ2n) is 6.86. The van der Waals surface area contributed by atoms with E-state index in [1.54, 1.807) is 0 Å². The van der Waals surface area contributed by atoms with Crippen molar-refractivity contribution in [3.8, 4) is 0 Å². The molecule has 0 amide bonds. The Morgan fingerprint density at radius 2 is 1.37 bits per heavy atom. The van der Waals surface area contributed by atoms with Gasteiger partial charge in [-0.3, -0.25) is 4.52 Å². The molecule has 0 heterocycles. The van der Waals surface area contributed by atoms with E-state index < -0.39 is 22.8 Å². The summed E-state index contributed by atoms with van der Waals surface area (Å²) >= 11 is 0. The van der Waals surface area contributed by atoms with E-state index in [1.807, 2.05) is 60.7 Å². The molecule has 27 heavy (non-hydrogen) atoms. The minimum Gasteiger partial charge on any atom is -0.328 e. The van der Waals surface area contributed by atoms with Gasteiger partial charge in [0.1, 0.15) is 5.60 Å². The Morgan fingerprint density at radius 3 is 1.81 bits per heavy atom.